The molecule has 1 saturated carbocycles. The topological polar surface area (TPSA) is 50.4 Å². The number of rotatable bonds is 6. The van der Waals surface area contributed by atoms with Crippen molar-refractivity contribution in [2.45, 2.75) is 58.2 Å². The second kappa shape index (κ2) is 7.54. The summed E-state index contributed by atoms with van der Waals surface area (Å²) in [5.41, 5.74) is 0.595. The SMILES string of the molecule is CC(NCC(NC(=O)OC(C)(C)C)C1CC1)c1ccccc1Cl. The lowest BCUT2D eigenvalue weighted by Gasteiger charge is -2.25. The number of amides is 1. The van der Waals surface area contributed by atoms with E-state index in [4.69, 9.17) is 16.3 Å². The Labute approximate surface area is 143 Å². The van der Waals surface area contributed by atoms with Crippen molar-refractivity contribution in [1.29, 1.82) is 0 Å². The van der Waals surface area contributed by atoms with Crippen LogP contribution >= 0.6 is 11.6 Å². The first-order valence-electron chi connectivity index (χ1n) is 8.23. The molecular weight excluding hydrogens is 312 g/mol. The van der Waals surface area contributed by atoms with Gasteiger partial charge < -0.3 is 15.4 Å². The van der Waals surface area contributed by atoms with E-state index in [1.165, 1.54) is 0 Å². The first-order chi connectivity index (χ1) is 10.8. The summed E-state index contributed by atoms with van der Waals surface area (Å²) in [7, 11) is 0. The third kappa shape index (κ3) is 6.04. The van der Waals surface area contributed by atoms with Crippen molar-refractivity contribution >= 4 is 17.7 Å². The minimum absolute atomic E-state index is 0.0924. The predicted molar refractivity (Wildman–Crippen MR) is 93.8 cm³/mol. The molecule has 4 nitrogen and oxygen atoms in total. The quantitative estimate of drug-likeness (QED) is 0.813. The van der Waals surface area contributed by atoms with Gasteiger partial charge in [0.05, 0.1) is 0 Å². The summed E-state index contributed by atoms with van der Waals surface area (Å²) >= 11 is 6.24. The van der Waals surface area contributed by atoms with Crippen LogP contribution in [0, 0.1) is 5.92 Å². The number of hydrogen-bond acceptors (Lipinski definition) is 3. The molecule has 0 aliphatic heterocycles. The Balaban J connectivity index is 1.88. The van der Waals surface area contributed by atoms with Crippen molar-refractivity contribution in [1.82, 2.24) is 10.6 Å². The first-order valence-corrected chi connectivity index (χ1v) is 8.61. The molecule has 1 aromatic rings. The highest BCUT2D eigenvalue weighted by atomic mass is 35.5. The molecule has 0 spiro atoms. The average molecular weight is 339 g/mol. The van der Waals surface area contributed by atoms with E-state index < -0.39 is 5.60 Å². The highest BCUT2D eigenvalue weighted by molar-refractivity contribution is 6.31. The molecule has 128 valence electrons. The van der Waals surface area contributed by atoms with Gasteiger partial charge in [-0.25, -0.2) is 4.79 Å². The molecule has 0 bridgehead atoms. The number of halogens is 1. The fraction of sp³-hybridized carbons (Fsp3) is 0.611. The molecule has 2 atom stereocenters. The number of nitrogens with one attached hydrogen (secondary N) is 2. The maximum absolute atomic E-state index is 12.0. The molecule has 23 heavy (non-hydrogen) atoms. The summed E-state index contributed by atoms with van der Waals surface area (Å²) in [6, 6.07) is 8.05. The Bertz CT molecular complexity index is 538. The van der Waals surface area contributed by atoms with Crippen molar-refractivity contribution < 1.29 is 9.53 Å². The van der Waals surface area contributed by atoms with Crippen molar-refractivity contribution in [3.8, 4) is 0 Å². The third-order valence-corrected chi connectivity index (χ3v) is 4.25. The minimum Gasteiger partial charge on any atom is -0.444 e. The molecule has 2 N–H and O–H groups in total. The summed E-state index contributed by atoms with van der Waals surface area (Å²) in [6.07, 6.45) is 1.97. The van der Waals surface area contributed by atoms with Crippen molar-refractivity contribution in [3.05, 3.63) is 34.9 Å². The zero-order valence-electron chi connectivity index (χ0n) is 14.4. The molecule has 0 heterocycles. The largest absolute Gasteiger partial charge is 0.444 e. The maximum atomic E-state index is 12.0. The lowest BCUT2D eigenvalue weighted by Crippen LogP contribution is -2.46. The van der Waals surface area contributed by atoms with Gasteiger partial charge in [0.2, 0.25) is 0 Å². The zero-order chi connectivity index (χ0) is 17.0. The minimum atomic E-state index is -0.476. The Morgan fingerprint density at radius 2 is 2.00 bits per heavy atom. The van der Waals surface area contributed by atoms with Crippen molar-refractivity contribution in [3.63, 3.8) is 0 Å². The third-order valence-electron chi connectivity index (χ3n) is 3.91. The van der Waals surface area contributed by atoms with Gasteiger partial charge in [-0.15, -0.1) is 0 Å². The average Bonchev–Trinajstić information content (AvgIpc) is 3.26. The highest BCUT2D eigenvalue weighted by Gasteiger charge is 2.33. The molecule has 0 aromatic heterocycles. The van der Waals surface area contributed by atoms with Gasteiger partial charge in [0.1, 0.15) is 5.60 Å². The fourth-order valence-corrected chi connectivity index (χ4v) is 2.83. The van der Waals surface area contributed by atoms with Crippen LogP contribution in [0.3, 0.4) is 0 Å². The lowest BCUT2D eigenvalue weighted by molar-refractivity contribution is 0.0497. The van der Waals surface area contributed by atoms with Gasteiger partial charge in [0.15, 0.2) is 0 Å². The van der Waals surface area contributed by atoms with E-state index in [1.54, 1.807) is 0 Å². The fourth-order valence-electron chi connectivity index (χ4n) is 2.53. The van der Waals surface area contributed by atoms with Crippen LogP contribution in [-0.4, -0.2) is 24.3 Å². The number of alkyl carbamates (subject to hydrolysis) is 1. The van der Waals surface area contributed by atoms with Gasteiger partial charge in [0.25, 0.3) is 0 Å². The maximum Gasteiger partial charge on any atom is 0.407 e. The number of hydrogen-bond donors (Lipinski definition) is 2. The van der Waals surface area contributed by atoms with Crippen LogP contribution in [-0.2, 0) is 4.74 Å². The molecule has 1 aromatic carbocycles. The molecule has 1 amide bonds. The normalized spacial score (nSPS) is 17.4. The second-order valence-corrected chi connectivity index (χ2v) is 7.65. The van der Waals surface area contributed by atoms with Gasteiger partial charge >= 0.3 is 6.09 Å². The van der Waals surface area contributed by atoms with Gasteiger partial charge in [-0.1, -0.05) is 29.8 Å². The van der Waals surface area contributed by atoms with Crippen molar-refractivity contribution in [2.75, 3.05) is 6.54 Å². The Kier molecular flexibility index (Phi) is 5.93. The van der Waals surface area contributed by atoms with Crippen LogP contribution in [0.1, 0.15) is 52.1 Å². The number of carbonyl (C=O) groups excluding carboxylic acids is 1. The van der Waals surface area contributed by atoms with E-state index in [9.17, 15) is 4.79 Å². The molecule has 0 radical (unpaired) electrons. The number of carbonyl (C=O) groups is 1. The molecule has 2 rings (SSSR count). The smallest absolute Gasteiger partial charge is 0.407 e. The van der Waals surface area contributed by atoms with Crippen LogP contribution in [0.15, 0.2) is 24.3 Å². The van der Waals surface area contributed by atoms with E-state index in [1.807, 2.05) is 45.0 Å². The number of ether oxygens (including phenoxy) is 1. The Morgan fingerprint density at radius 1 is 1.35 bits per heavy atom. The van der Waals surface area contributed by atoms with Crippen LogP contribution in [0.25, 0.3) is 0 Å². The predicted octanol–water partition coefficient (Wildman–Crippen LogP) is 4.29. The Morgan fingerprint density at radius 3 is 2.57 bits per heavy atom. The van der Waals surface area contributed by atoms with E-state index in [-0.39, 0.29) is 18.2 Å². The first kappa shape index (κ1) is 18.1. The van der Waals surface area contributed by atoms with Gasteiger partial charge in [-0.3, -0.25) is 0 Å². The molecule has 1 aliphatic rings. The van der Waals surface area contributed by atoms with Crippen LogP contribution in [0.2, 0.25) is 5.02 Å². The monoisotopic (exact) mass is 338 g/mol. The van der Waals surface area contributed by atoms with Crippen molar-refractivity contribution in [2.24, 2.45) is 5.92 Å². The van der Waals surface area contributed by atoms with E-state index >= 15 is 0 Å². The summed E-state index contributed by atoms with van der Waals surface area (Å²) < 4.78 is 5.36. The Hall–Kier alpha value is -1.26. The second-order valence-electron chi connectivity index (χ2n) is 7.24. The van der Waals surface area contributed by atoms with E-state index in [2.05, 4.69) is 17.6 Å². The van der Waals surface area contributed by atoms with Gasteiger partial charge in [0, 0.05) is 23.7 Å². The summed E-state index contributed by atoms with van der Waals surface area (Å²) in [5.74, 6) is 0.536. The molecular formula is C18H27ClN2O2. The summed E-state index contributed by atoms with van der Waals surface area (Å²) in [6.45, 7) is 8.40. The van der Waals surface area contributed by atoms with Gasteiger partial charge in [-0.05, 0) is 58.1 Å². The van der Waals surface area contributed by atoms with E-state index in [0.717, 1.165) is 23.4 Å². The molecule has 1 aliphatic carbocycles. The van der Waals surface area contributed by atoms with Crippen LogP contribution in [0.4, 0.5) is 4.79 Å². The molecule has 2 unspecified atom stereocenters. The summed E-state index contributed by atoms with van der Waals surface area (Å²) in [5, 5.41) is 7.23. The van der Waals surface area contributed by atoms with E-state index in [0.29, 0.717) is 12.5 Å². The highest BCUT2D eigenvalue weighted by Crippen LogP contribution is 2.33. The molecule has 1 fully saturated rings. The molecule has 5 heteroatoms. The zero-order valence-corrected chi connectivity index (χ0v) is 15.1. The van der Waals surface area contributed by atoms with Gasteiger partial charge in [-0.2, -0.15) is 0 Å². The molecule has 0 saturated heterocycles. The number of benzene rings is 1. The lowest BCUT2D eigenvalue weighted by atomic mass is 10.1. The summed E-state index contributed by atoms with van der Waals surface area (Å²) in [4.78, 5) is 12.0. The van der Waals surface area contributed by atoms with Crippen LogP contribution in [0.5, 0.6) is 0 Å². The standard InChI is InChI=1S/C18H27ClN2O2/c1-12(14-7-5-6-8-15(14)19)20-11-16(13-9-10-13)21-17(22)23-18(2,3)4/h5-8,12-13,16,20H,9-11H2,1-4H3,(H,21,22). The van der Waals surface area contributed by atoms with Crippen LogP contribution < -0.4 is 10.6 Å².